The molecular formula is C13H16N2O3. The van der Waals surface area contributed by atoms with Crippen LogP contribution in [0.5, 0.6) is 5.75 Å². The minimum absolute atomic E-state index is 0.140. The molecule has 0 bridgehead atoms. The SMILES string of the molecule is C=C(C)C(=O)N(C)Cc1cnc(C)c(O)c1C=O. The second-order valence-corrected chi connectivity index (χ2v) is 4.19. The van der Waals surface area contributed by atoms with Crippen molar-refractivity contribution in [2.24, 2.45) is 0 Å². The Labute approximate surface area is 106 Å². The van der Waals surface area contributed by atoms with Gasteiger partial charge < -0.3 is 10.0 Å². The number of likely N-dealkylation sites (N-methyl/N-ethyl adjacent to an activating group) is 1. The number of carbonyl (C=O) groups excluding carboxylic acids is 2. The van der Waals surface area contributed by atoms with Gasteiger partial charge in [0.05, 0.1) is 11.3 Å². The Bertz CT molecular complexity index is 509. The van der Waals surface area contributed by atoms with Crippen LogP contribution in [0.25, 0.3) is 0 Å². The van der Waals surface area contributed by atoms with E-state index in [2.05, 4.69) is 11.6 Å². The minimum atomic E-state index is -0.216. The average molecular weight is 248 g/mol. The normalized spacial score (nSPS) is 9.94. The van der Waals surface area contributed by atoms with Gasteiger partial charge in [-0.3, -0.25) is 14.6 Å². The van der Waals surface area contributed by atoms with Crippen molar-refractivity contribution < 1.29 is 14.7 Å². The monoisotopic (exact) mass is 248 g/mol. The van der Waals surface area contributed by atoms with Crippen LogP contribution in [-0.4, -0.2) is 34.2 Å². The van der Waals surface area contributed by atoms with Crippen LogP contribution in [0.3, 0.4) is 0 Å². The molecule has 96 valence electrons. The smallest absolute Gasteiger partial charge is 0.248 e. The molecule has 0 saturated heterocycles. The molecule has 0 aliphatic carbocycles. The van der Waals surface area contributed by atoms with Crippen molar-refractivity contribution in [1.29, 1.82) is 0 Å². The van der Waals surface area contributed by atoms with Crippen molar-refractivity contribution >= 4 is 12.2 Å². The Morgan fingerprint density at radius 1 is 1.61 bits per heavy atom. The number of amides is 1. The van der Waals surface area contributed by atoms with Gasteiger partial charge in [-0.15, -0.1) is 0 Å². The number of hydrogen-bond donors (Lipinski definition) is 1. The predicted molar refractivity (Wildman–Crippen MR) is 67.3 cm³/mol. The van der Waals surface area contributed by atoms with E-state index in [0.29, 0.717) is 23.1 Å². The molecule has 5 heteroatoms. The van der Waals surface area contributed by atoms with Crippen molar-refractivity contribution in [3.8, 4) is 5.75 Å². The molecule has 1 aromatic heterocycles. The fourth-order valence-corrected chi connectivity index (χ4v) is 1.56. The van der Waals surface area contributed by atoms with E-state index in [9.17, 15) is 14.7 Å². The van der Waals surface area contributed by atoms with Gasteiger partial charge in [0.15, 0.2) is 6.29 Å². The summed E-state index contributed by atoms with van der Waals surface area (Å²) in [5, 5.41) is 9.72. The zero-order valence-electron chi connectivity index (χ0n) is 10.7. The summed E-state index contributed by atoms with van der Waals surface area (Å²) in [6.07, 6.45) is 2.05. The first-order chi connectivity index (χ1) is 8.38. The van der Waals surface area contributed by atoms with Gasteiger partial charge >= 0.3 is 0 Å². The van der Waals surface area contributed by atoms with E-state index in [-0.39, 0.29) is 23.8 Å². The van der Waals surface area contributed by atoms with Crippen molar-refractivity contribution in [3.05, 3.63) is 35.2 Å². The molecule has 1 rings (SSSR count). The molecule has 1 heterocycles. The summed E-state index contributed by atoms with van der Waals surface area (Å²) >= 11 is 0. The topological polar surface area (TPSA) is 70.5 Å². The van der Waals surface area contributed by atoms with Gasteiger partial charge in [0.25, 0.3) is 0 Å². The Balaban J connectivity index is 3.05. The predicted octanol–water partition coefficient (Wildman–Crippen LogP) is 1.44. The Morgan fingerprint density at radius 3 is 2.72 bits per heavy atom. The highest BCUT2D eigenvalue weighted by molar-refractivity contribution is 5.92. The maximum atomic E-state index is 11.7. The number of hydrogen-bond acceptors (Lipinski definition) is 4. The third kappa shape index (κ3) is 2.74. The molecule has 0 unspecified atom stereocenters. The van der Waals surface area contributed by atoms with Crippen molar-refractivity contribution in [2.75, 3.05) is 7.05 Å². The molecular weight excluding hydrogens is 232 g/mol. The van der Waals surface area contributed by atoms with E-state index in [1.165, 1.54) is 11.1 Å². The van der Waals surface area contributed by atoms with Gasteiger partial charge in [-0.05, 0) is 13.8 Å². The number of nitrogens with zero attached hydrogens (tertiary/aromatic N) is 2. The maximum Gasteiger partial charge on any atom is 0.248 e. The second kappa shape index (κ2) is 5.44. The first kappa shape index (κ1) is 13.9. The molecule has 1 N–H and O–H groups in total. The fourth-order valence-electron chi connectivity index (χ4n) is 1.56. The van der Waals surface area contributed by atoms with Gasteiger partial charge in [0.1, 0.15) is 5.75 Å². The summed E-state index contributed by atoms with van der Waals surface area (Å²) in [6, 6.07) is 0. The first-order valence-electron chi connectivity index (χ1n) is 5.42. The van der Waals surface area contributed by atoms with Gasteiger partial charge in [-0.1, -0.05) is 6.58 Å². The van der Waals surface area contributed by atoms with Gasteiger partial charge in [-0.2, -0.15) is 0 Å². The summed E-state index contributed by atoms with van der Waals surface area (Å²) in [5.74, 6) is -0.356. The van der Waals surface area contributed by atoms with Crippen LogP contribution in [0.4, 0.5) is 0 Å². The number of rotatable bonds is 4. The molecule has 5 nitrogen and oxygen atoms in total. The standard InChI is InChI=1S/C13H16N2O3/c1-8(2)13(18)15(4)6-10-5-14-9(3)12(17)11(10)7-16/h5,7,17H,1,6H2,2-4H3. The zero-order valence-corrected chi connectivity index (χ0v) is 10.7. The molecule has 0 fully saturated rings. The molecule has 0 atom stereocenters. The highest BCUT2D eigenvalue weighted by atomic mass is 16.3. The van der Waals surface area contributed by atoms with Crippen LogP contribution in [0.1, 0.15) is 28.5 Å². The van der Waals surface area contributed by atoms with Gasteiger partial charge in [0, 0.05) is 30.9 Å². The highest BCUT2D eigenvalue weighted by Crippen LogP contribution is 2.22. The molecule has 1 amide bonds. The molecule has 0 aliphatic heterocycles. The zero-order chi connectivity index (χ0) is 13.9. The van der Waals surface area contributed by atoms with E-state index >= 15 is 0 Å². The van der Waals surface area contributed by atoms with Gasteiger partial charge in [-0.25, -0.2) is 0 Å². The van der Waals surface area contributed by atoms with E-state index in [4.69, 9.17) is 0 Å². The highest BCUT2D eigenvalue weighted by Gasteiger charge is 2.15. The lowest BCUT2D eigenvalue weighted by molar-refractivity contribution is -0.126. The maximum absolute atomic E-state index is 11.7. The number of aldehydes is 1. The number of aromatic nitrogens is 1. The van der Waals surface area contributed by atoms with Crippen LogP contribution in [-0.2, 0) is 11.3 Å². The third-order valence-corrected chi connectivity index (χ3v) is 2.59. The Kier molecular flexibility index (Phi) is 4.20. The van der Waals surface area contributed by atoms with E-state index in [1.54, 1.807) is 20.9 Å². The lowest BCUT2D eigenvalue weighted by atomic mass is 10.1. The quantitative estimate of drug-likeness (QED) is 0.646. The Morgan fingerprint density at radius 2 is 2.22 bits per heavy atom. The molecule has 1 aromatic rings. The minimum Gasteiger partial charge on any atom is -0.505 e. The number of aryl methyl sites for hydroxylation is 1. The van der Waals surface area contributed by atoms with Crippen LogP contribution >= 0.6 is 0 Å². The molecule has 0 spiro atoms. The van der Waals surface area contributed by atoms with Crippen LogP contribution in [0.15, 0.2) is 18.3 Å². The van der Waals surface area contributed by atoms with E-state index < -0.39 is 0 Å². The van der Waals surface area contributed by atoms with Gasteiger partial charge in [0.2, 0.25) is 5.91 Å². The summed E-state index contributed by atoms with van der Waals surface area (Å²) in [7, 11) is 1.60. The van der Waals surface area contributed by atoms with Crippen LogP contribution in [0.2, 0.25) is 0 Å². The Hall–Kier alpha value is -2.17. The molecule has 18 heavy (non-hydrogen) atoms. The third-order valence-electron chi connectivity index (χ3n) is 2.59. The van der Waals surface area contributed by atoms with E-state index in [0.717, 1.165) is 0 Å². The number of pyridine rings is 1. The average Bonchev–Trinajstić information content (AvgIpc) is 2.33. The first-order valence-corrected chi connectivity index (χ1v) is 5.42. The lowest BCUT2D eigenvalue weighted by Crippen LogP contribution is -2.27. The fraction of sp³-hybridized carbons (Fsp3) is 0.308. The summed E-state index contributed by atoms with van der Waals surface area (Å²) < 4.78 is 0. The largest absolute Gasteiger partial charge is 0.505 e. The molecule has 0 saturated carbocycles. The van der Waals surface area contributed by atoms with E-state index in [1.807, 2.05) is 0 Å². The molecule has 0 aliphatic rings. The summed E-state index contributed by atoms with van der Waals surface area (Å²) in [5.41, 5.74) is 1.47. The number of carbonyl (C=O) groups is 2. The molecule has 0 radical (unpaired) electrons. The molecule has 0 aromatic carbocycles. The van der Waals surface area contributed by atoms with Crippen LogP contribution < -0.4 is 0 Å². The van der Waals surface area contributed by atoms with Crippen molar-refractivity contribution in [2.45, 2.75) is 20.4 Å². The second-order valence-electron chi connectivity index (χ2n) is 4.19. The lowest BCUT2D eigenvalue weighted by Gasteiger charge is -2.18. The van der Waals surface area contributed by atoms with Crippen molar-refractivity contribution in [1.82, 2.24) is 9.88 Å². The summed E-state index contributed by atoms with van der Waals surface area (Å²) in [4.78, 5) is 28.0. The summed E-state index contributed by atoms with van der Waals surface area (Å²) in [6.45, 7) is 6.98. The van der Waals surface area contributed by atoms with Crippen molar-refractivity contribution in [3.63, 3.8) is 0 Å². The van der Waals surface area contributed by atoms with Crippen LogP contribution in [0, 0.1) is 6.92 Å². The number of aromatic hydroxyl groups is 1.